The maximum absolute atomic E-state index is 10.4. The van der Waals surface area contributed by atoms with Gasteiger partial charge >= 0.3 is 5.97 Å². The van der Waals surface area contributed by atoms with Gasteiger partial charge < -0.3 is 14.6 Å². The molecule has 0 spiro atoms. The predicted molar refractivity (Wildman–Crippen MR) is 49.5 cm³/mol. The molecule has 0 aromatic carbocycles. The molecule has 13 heavy (non-hydrogen) atoms. The topological polar surface area (TPSA) is 55.8 Å². The van der Waals surface area contributed by atoms with Crippen LogP contribution in [0, 0.1) is 0 Å². The molecule has 1 N–H and O–H groups in total. The smallest absolute Gasteiger partial charge is 0.361 e. The van der Waals surface area contributed by atoms with E-state index in [0.29, 0.717) is 0 Å². The minimum Gasteiger partial charge on any atom is -0.477 e. The third-order valence-corrected chi connectivity index (χ3v) is 0.933. The molecule has 0 saturated carbocycles. The molecule has 4 nitrogen and oxygen atoms in total. The molecule has 0 amide bonds. The van der Waals surface area contributed by atoms with Crippen LogP contribution in [0.4, 0.5) is 0 Å². The van der Waals surface area contributed by atoms with Gasteiger partial charge in [-0.1, -0.05) is 12.2 Å². The second-order valence-corrected chi connectivity index (χ2v) is 1.91. The Hall–Kier alpha value is -0.130. The molecule has 0 fully saturated rings. The van der Waals surface area contributed by atoms with Crippen LogP contribution in [0.2, 0.25) is 0 Å². The summed E-state index contributed by atoms with van der Waals surface area (Å²) in [6.45, 7) is 7.05. The summed E-state index contributed by atoms with van der Waals surface area (Å²) in [6, 6.07) is 0. The molecule has 1 radical (unpaired) electrons. The van der Waals surface area contributed by atoms with E-state index in [0.717, 1.165) is 0 Å². The van der Waals surface area contributed by atoms with E-state index in [9.17, 15) is 4.79 Å². The van der Waals surface area contributed by atoms with Gasteiger partial charge in [-0.2, -0.15) is 0 Å². The first-order valence-corrected chi connectivity index (χ1v) is 3.40. The second kappa shape index (κ2) is 9.95. The number of carboxylic acids is 1. The summed E-state index contributed by atoms with van der Waals surface area (Å²) in [5, 5.41) is 8.51. The Kier molecular flexibility index (Phi) is 11.8. The Labute approximate surface area is 99.5 Å². The number of carboxylic acid groups (broad SMARTS) is 1. The summed E-state index contributed by atoms with van der Waals surface area (Å²) in [4.78, 5) is 10.4. The van der Waals surface area contributed by atoms with Gasteiger partial charge in [0.2, 0.25) is 0 Å². The van der Waals surface area contributed by atoms with Gasteiger partial charge in [-0.3, -0.25) is 0 Å². The van der Waals surface area contributed by atoms with Gasteiger partial charge in [0.15, 0.2) is 0 Å². The summed E-state index contributed by atoms with van der Waals surface area (Å²) < 4.78 is 9.53. The fourth-order valence-electron chi connectivity index (χ4n) is 0.502. The van der Waals surface area contributed by atoms with Crippen LogP contribution >= 0.6 is 0 Å². The quantitative estimate of drug-likeness (QED) is 0.363. The molecular formula is C8H12NaO4. The minimum atomic E-state index is -1.24. The minimum absolute atomic E-state index is 0. The van der Waals surface area contributed by atoms with Crippen LogP contribution in [-0.2, 0) is 14.3 Å². The van der Waals surface area contributed by atoms with E-state index in [1.807, 2.05) is 0 Å². The van der Waals surface area contributed by atoms with Crippen molar-refractivity contribution in [2.45, 2.75) is 6.29 Å². The zero-order valence-electron chi connectivity index (χ0n) is 7.73. The van der Waals surface area contributed by atoms with Gasteiger partial charge in [-0.25, -0.2) is 4.79 Å². The zero-order valence-corrected chi connectivity index (χ0v) is 9.73. The van der Waals surface area contributed by atoms with Crippen molar-refractivity contribution < 1.29 is 19.4 Å². The van der Waals surface area contributed by atoms with Crippen LogP contribution in [0.15, 0.2) is 25.3 Å². The van der Waals surface area contributed by atoms with Crippen LogP contribution in [-0.4, -0.2) is 60.1 Å². The van der Waals surface area contributed by atoms with E-state index in [4.69, 9.17) is 14.6 Å². The molecule has 69 valence electrons. The Morgan fingerprint density at radius 3 is 1.92 bits per heavy atom. The summed E-state index contributed by atoms with van der Waals surface area (Å²) in [5.41, 5.74) is 0. The average Bonchev–Trinajstić information content (AvgIpc) is 2.04. The molecule has 5 heteroatoms. The monoisotopic (exact) mass is 195 g/mol. The van der Waals surface area contributed by atoms with E-state index in [1.54, 1.807) is 0 Å². The van der Waals surface area contributed by atoms with Crippen molar-refractivity contribution in [1.29, 1.82) is 0 Å². The van der Waals surface area contributed by atoms with Crippen LogP contribution in [0.3, 0.4) is 0 Å². The van der Waals surface area contributed by atoms with Gasteiger partial charge in [-0.05, 0) is 0 Å². The standard InChI is InChI=1S/C8H12O4.Na/c1-3-5-11-8(7(9)10)12-6-4-2;/h3-4,8H,1-2,5-6H2,(H,9,10);. The number of aliphatic carboxylic acids is 1. The van der Waals surface area contributed by atoms with Crippen LogP contribution in [0.1, 0.15) is 0 Å². The Morgan fingerprint density at radius 1 is 1.31 bits per heavy atom. The van der Waals surface area contributed by atoms with Crippen molar-refractivity contribution >= 4 is 35.5 Å². The van der Waals surface area contributed by atoms with E-state index in [1.165, 1.54) is 12.2 Å². The molecule has 0 saturated heterocycles. The summed E-state index contributed by atoms with van der Waals surface area (Å²) in [7, 11) is 0. The molecule has 0 heterocycles. The first-order chi connectivity index (χ1) is 5.72. The molecule has 0 aliphatic heterocycles. The van der Waals surface area contributed by atoms with Gasteiger partial charge in [0.1, 0.15) is 0 Å². The first-order valence-electron chi connectivity index (χ1n) is 3.40. The SMILES string of the molecule is C=CCOC(OCC=C)C(=O)O.[Na]. The fraction of sp³-hybridized carbons (Fsp3) is 0.375. The number of rotatable bonds is 7. The van der Waals surface area contributed by atoms with E-state index < -0.39 is 12.3 Å². The van der Waals surface area contributed by atoms with Crippen molar-refractivity contribution in [2.75, 3.05) is 13.2 Å². The predicted octanol–water partition coefficient (Wildman–Crippen LogP) is 0.422. The second-order valence-electron chi connectivity index (χ2n) is 1.91. The Morgan fingerprint density at radius 2 is 1.69 bits per heavy atom. The van der Waals surface area contributed by atoms with E-state index >= 15 is 0 Å². The van der Waals surface area contributed by atoms with Crippen molar-refractivity contribution in [2.24, 2.45) is 0 Å². The maximum Gasteiger partial charge on any atom is 0.361 e. The van der Waals surface area contributed by atoms with Crippen LogP contribution < -0.4 is 0 Å². The average molecular weight is 195 g/mol. The van der Waals surface area contributed by atoms with Crippen LogP contribution in [0.5, 0.6) is 0 Å². The molecule has 0 aromatic heterocycles. The molecule has 0 atom stereocenters. The molecular weight excluding hydrogens is 183 g/mol. The first kappa shape index (κ1) is 15.3. The van der Waals surface area contributed by atoms with Gasteiger partial charge in [0.05, 0.1) is 13.2 Å². The van der Waals surface area contributed by atoms with E-state index in [2.05, 4.69) is 13.2 Å². The van der Waals surface area contributed by atoms with Gasteiger partial charge in [0.25, 0.3) is 6.29 Å². The number of hydrogen-bond donors (Lipinski definition) is 1. The van der Waals surface area contributed by atoms with Crippen molar-refractivity contribution in [3.63, 3.8) is 0 Å². The molecule has 0 bridgehead atoms. The molecule has 0 aliphatic carbocycles. The Bertz CT molecular complexity index is 158. The summed E-state index contributed by atoms with van der Waals surface area (Å²) in [6.07, 6.45) is 1.67. The number of ether oxygens (including phenoxy) is 2. The maximum atomic E-state index is 10.4. The summed E-state index contributed by atoms with van der Waals surface area (Å²) >= 11 is 0. The molecule has 0 aromatic rings. The van der Waals surface area contributed by atoms with Crippen molar-refractivity contribution in [1.82, 2.24) is 0 Å². The molecule has 0 unspecified atom stereocenters. The third-order valence-electron chi connectivity index (χ3n) is 0.933. The van der Waals surface area contributed by atoms with Crippen LogP contribution in [0.25, 0.3) is 0 Å². The third kappa shape index (κ3) is 8.21. The zero-order chi connectivity index (χ0) is 9.40. The summed E-state index contributed by atoms with van der Waals surface area (Å²) in [5.74, 6) is -1.15. The van der Waals surface area contributed by atoms with Crippen molar-refractivity contribution in [3.8, 4) is 0 Å². The molecule has 0 rings (SSSR count). The van der Waals surface area contributed by atoms with Crippen molar-refractivity contribution in [3.05, 3.63) is 25.3 Å². The normalized spacial score (nSPS) is 9.00. The number of carbonyl (C=O) groups is 1. The fourth-order valence-corrected chi connectivity index (χ4v) is 0.502. The molecule has 0 aliphatic rings. The van der Waals surface area contributed by atoms with Gasteiger partial charge in [0, 0.05) is 29.6 Å². The van der Waals surface area contributed by atoms with Gasteiger partial charge in [-0.15, -0.1) is 13.2 Å². The Balaban J connectivity index is 0. The number of hydrogen-bond acceptors (Lipinski definition) is 3. The largest absolute Gasteiger partial charge is 0.477 e. The van der Waals surface area contributed by atoms with E-state index in [-0.39, 0.29) is 42.8 Å².